The first-order valence-corrected chi connectivity index (χ1v) is 8.24. The van der Waals surface area contributed by atoms with Crippen LogP contribution in [0.4, 0.5) is 0 Å². The van der Waals surface area contributed by atoms with Crippen LogP contribution in [-0.2, 0) is 16.4 Å². The summed E-state index contributed by atoms with van der Waals surface area (Å²) in [5, 5.41) is 1.75. The number of nitrogens with one attached hydrogen (secondary N) is 1. The summed E-state index contributed by atoms with van der Waals surface area (Å²) >= 11 is 0. The Hall–Kier alpha value is -0.990. The van der Waals surface area contributed by atoms with Crippen molar-refractivity contribution in [2.45, 2.75) is 11.3 Å². The molecule has 1 fully saturated rings. The van der Waals surface area contributed by atoms with Crippen molar-refractivity contribution in [2.75, 3.05) is 39.8 Å². The maximum absolute atomic E-state index is 12.3. The Bertz CT molecular complexity index is 522. The van der Waals surface area contributed by atoms with E-state index in [1.165, 1.54) is 0 Å². The molecule has 0 atom stereocenters. The normalized spacial score (nSPS) is 18.3. The Kier molecular flexibility index (Phi) is 5.11. The number of hydrogen-bond acceptors (Lipinski definition) is 5. The fraction of sp³-hybridized carbons (Fsp3) is 0.538. The van der Waals surface area contributed by atoms with Crippen LogP contribution in [0.1, 0.15) is 5.56 Å². The zero-order valence-corrected chi connectivity index (χ0v) is 12.6. The lowest BCUT2D eigenvalue weighted by Crippen LogP contribution is -2.52. The molecule has 0 aromatic heterocycles. The molecule has 0 unspecified atom stereocenters. The molecule has 112 valence electrons. The molecule has 1 saturated heterocycles. The first-order chi connectivity index (χ1) is 9.51. The number of piperazine rings is 1. The predicted molar refractivity (Wildman–Crippen MR) is 78.6 cm³/mol. The van der Waals surface area contributed by atoms with Gasteiger partial charge >= 0.3 is 0 Å². The third-order valence-corrected chi connectivity index (χ3v) is 4.81. The molecule has 6 nitrogen and oxygen atoms in total. The number of nitrogens with two attached hydrogens (primary N) is 1. The van der Waals surface area contributed by atoms with Gasteiger partial charge in [0.2, 0.25) is 0 Å². The highest BCUT2D eigenvalue weighted by molar-refractivity contribution is 7.89. The van der Waals surface area contributed by atoms with E-state index >= 15 is 0 Å². The number of nitrogens with zero attached hydrogens (tertiary/aromatic N) is 2. The summed E-state index contributed by atoms with van der Waals surface area (Å²) < 4.78 is 24.5. The highest BCUT2D eigenvalue weighted by Crippen LogP contribution is 2.11. The molecular formula is C13H22N4O2S. The van der Waals surface area contributed by atoms with Crippen LogP contribution >= 0.6 is 0 Å². The molecule has 2 rings (SSSR count). The Labute approximate surface area is 120 Å². The predicted octanol–water partition coefficient (Wildman–Crippen LogP) is -0.371. The van der Waals surface area contributed by atoms with E-state index in [1.807, 2.05) is 19.2 Å². The highest BCUT2D eigenvalue weighted by atomic mass is 32.2. The van der Waals surface area contributed by atoms with Crippen LogP contribution in [0.3, 0.4) is 0 Å². The lowest BCUT2D eigenvalue weighted by Gasteiger charge is -2.32. The second-order valence-electron chi connectivity index (χ2n) is 5.07. The van der Waals surface area contributed by atoms with Gasteiger partial charge in [0.25, 0.3) is 10.0 Å². The highest BCUT2D eigenvalue weighted by Gasteiger charge is 2.21. The lowest BCUT2D eigenvalue weighted by molar-refractivity contribution is 0.135. The Morgan fingerprint density at radius 2 is 1.75 bits per heavy atom. The van der Waals surface area contributed by atoms with Crippen LogP contribution in [0.2, 0.25) is 0 Å². The summed E-state index contributed by atoms with van der Waals surface area (Å²) in [7, 11) is -1.45. The van der Waals surface area contributed by atoms with E-state index in [0.717, 1.165) is 25.1 Å². The van der Waals surface area contributed by atoms with Crippen molar-refractivity contribution >= 4 is 10.0 Å². The monoisotopic (exact) mass is 298 g/mol. The van der Waals surface area contributed by atoms with Crippen molar-refractivity contribution in [3.63, 3.8) is 0 Å². The molecule has 7 heteroatoms. The van der Waals surface area contributed by atoms with Gasteiger partial charge in [-0.15, -0.1) is 4.83 Å². The molecule has 1 heterocycles. The third kappa shape index (κ3) is 4.00. The number of hydrazine groups is 1. The molecule has 1 aliphatic rings. The van der Waals surface area contributed by atoms with Gasteiger partial charge in [-0.1, -0.05) is 12.1 Å². The molecule has 0 aliphatic carbocycles. The van der Waals surface area contributed by atoms with E-state index < -0.39 is 10.0 Å². The van der Waals surface area contributed by atoms with E-state index in [1.54, 1.807) is 17.1 Å². The number of hydrogen-bond donors (Lipinski definition) is 2. The largest absolute Gasteiger partial charge is 0.330 e. The van der Waals surface area contributed by atoms with Crippen molar-refractivity contribution in [2.24, 2.45) is 5.73 Å². The summed E-state index contributed by atoms with van der Waals surface area (Å²) in [4.78, 5) is 5.10. The molecule has 3 N–H and O–H groups in total. The summed E-state index contributed by atoms with van der Waals surface area (Å²) in [5.74, 6) is 0. The van der Waals surface area contributed by atoms with Crippen molar-refractivity contribution < 1.29 is 8.42 Å². The smallest absolute Gasteiger partial charge is 0.253 e. The first kappa shape index (κ1) is 15.4. The minimum atomic E-state index is -3.48. The Balaban J connectivity index is 2.02. The van der Waals surface area contributed by atoms with Gasteiger partial charge in [0.05, 0.1) is 4.90 Å². The molecule has 1 aromatic carbocycles. The maximum Gasteiger partial charge on any atom is 0.253 e. The molecule has 1 aromatic rings. The maximum atomic E-state index is 12.3. The summed E-state index contributed by atoms with van der Waals surface area (Å²) in [6.45, 7) is 3.67. The molecular weight excluding hydrogens is 276 g/mol. The average Bonchev–Trinajstić information content (AvgIpc) is 2.42. The van der Waals surface area contributed by atoms with E-state index in [4.69, 9.17) is 5.73 Å². The SMILES string of the molecule is CN1CCN(NS(=O)(=O)c2ccc(CCN)cc2)CC1. The average molecular weight is 298 g/mol. The second kappa shape index (κ2) is 6.64. The number of benzene rings is 1. The number of likely N-dealkylation sites (N-methyl/N-ethyl adjacent to an activating group) is 1. The van der Waals surface area contributed by atoms with Crippen LogP contribution in [0, 0.1) is 0 Å². The second-order valence-corrected chi connectivity index (χ2v) is 6.73. The molecule has 0 bridgehead atoms. The van der Waals surface area contributed by atoms with E-state index in [0.29, 0.717) is 19.6 Å². The van der Waals surface area contributed by atoms with E-state index in [-0.39, 0.29) is 4.90 Å². The van der Waals surface area contributed by atoms with E-state index in [2.05, 4.69) is 9.73 Å². The molecule has 0 saturated carbocycles. The minimum absolute atomic E-state index is 0.289. The molecule has 0 amide bonds. The zero-order valence-electron chi connectivity index (χ0n) is 11.7. The van der Waals surface area contributed by atoms with Gasteiger partial charge in [-0.05, 0) is 37.7 Å². The van der Waals surface area contributed by atoms with E-state index in [9.17, 15) is 8.42 Å². The van der Waals surface area contributed by atoms with Crippen LogP contribution in [-0.4, -0.2) is 58.1 Å². The fourth-order valence-electron chi connectivity index (χ4n) is 2.12. The molecule has 1 aliphatic heterocycles. The first-order valence-electron chi connectivity index (χ1n) is 6.76. The van der Waals surface area contributed by atoms with Gasteiger partial charge in [-0.3, -0.25) is 0 Å². The van der Waals surface area contributed by atoms with Crippen molar-refractivity contribution in [3.8, 4) is 0 Å². The van der Waals surface area contributed by atoms with Gasteiger partial charge < -0.3 is 10.6 Å². The molecule has 0 spiro atoms. The van der Waals surface area contributed by atoms with Gasteiger partial charge in [0.1, 0.15) is 0 Å². The summed E-state index contributed by atoms with van der Waals surface area (Å²) in [6.07, 6.45) is 0.756. The summed E-state index contributed by atoms with van der Waals surface area (Å²) in [6, 6.07) is 6.88. The number of rotatable bonds is 5. The Morgan fingerprint density at radius 1 is 1.15 bits per heavy atom. The lowest BCUT2D eigenvalue weighted by atomic mass is 10.2. The number of sulfonamides is 1. The minimum Gasteiger partial charge on any atom is -0.330 e. The topological polar surface area (TPSA) is 78.7 Å². The van der Waals surface area contributed by atoms with Crippen molar-refractivity contribution in [1.29, 1.82) is 0 Å². The standard InChI is InChI=1S/C13H22N4O2S/c1-16-8-10-17(11-9-16)15-20(18,19)13-4-2-12(3-5-13)6-7-14/h2-5,15H,6-11,14H2,1H3. The van der Waals surface area contributed by atoms with Crippen LogP contribution in [0.5, 0.6) is 0 Å². The van der Waals surface area contributed by atoms with Gasteiger partial charge in [0.15, 0.2) is 0 Å². The quantitative estimate of drug-likeness (QED) is 0.775. The zero-order chi connectivity index (χ0) is 14.6. The molecule has 20 heavy (non-hydrogen) atoms. The Morgan fingerprint density at radius 3 is 2.30 bits per heavy atom. The molecule has 0 radical (unpaired) electrons. The van der Waals surface area contributed by atoms with Gasteiger partial charge in [-0.25, -0.2) is 13.4 Å². The van der Waals surface area contributed by atoms with Gasteiger partial charge in [-0.2, -0.15) is 0 Å². The van der Waals surface area contributed by atoms with Crippen LogP contribution < -0.4 is 10.6 Å². The van der Waals surface area contributed by atoms with Crippen molar-refractivity contribution in [1.82, 2.24) is 14.7 Å². The van der Waals surface area contributed by atoms with Gasteiger partial charge in [0, 0.05) is 26.2 Å². The third-order valence-electron chi connectivity index (χ3n) is 3.42. The van der Waals surface area contributed by atoms with Crippen LogP contribution in [0.15, 0.2) is 29.2 Å². The fourth-order valence-corrected chi connectivity index (χ4v) is 3.24. The van der Waals surface area contributed by atoms with Crippen LogP contribution in [0.25, 0.3) is 0 Å². The van der Waals surface area contributed by atoms with Crippen molar-refractivity contribution in [3.05, 3.63) is 29.8 Å². The summed E-state index contributed by atoms with van der Waals surface area (Å²) in [5.41, 5.74) is 6.53.